The van der Waals surface area contributed by atoms with Gasteiger partial charge in [-0.25, -0.2) is 9.69 Å². The highest BCUT2D eigenvalue weighted by atomic mass is 79.9. The summed E-state index contributed by atoms with van der Waals surface area (Å²) >= 11 is 3.05. The first-order valence-electron chi connectivity index (χ1n) is 10.3. The Morgan fingerprint density at radius 1 is 1.03 bits per heavy atom. The largest absolute Gasteiger partial charge is 0.422 e. The summed E-state index contributed by atoms with van der Waals surface area (Å²) in [5.74, 6) is -1.54. The van der Waals surface area contributed by atoms with Crippen molar-refractivity contribution in [3.05, 3.63) is 75.1 Å². The summed E-state index contributed by atoms with van der Waals surface area (Å²) in [6.45, 7) is 5.72. The highest BCUT2D eigenvalue weighted by Gasteiger charge is 2.30. The van der Waals surface area contributed by atoms with Crippen LogP contribution < -0.4 is 20.7 Å². The zero-order chi connectivity index (χ0) is 23.7. The molecule has 0 spiro atoms. The molecule has 3 amide bonds. The molecule has 0 saturated carbocycles. The van der Waals surface area contributed by atoms with Gasteiger partial charge in [0, 0.05) is 42.0 Å². The fraction of sp³-hybridized carbons (Fsp3) is 0.167. The van der Waals surface area contributed by atoms with E-state index in [4.69, 9.17) is 4.42 Å². The molecule has 4 rings (SSSR count). The maximum Gasteiger partial charge on any atom is 0.349 e. The van der Waals surface area contributed by atoms with Gasteiger partial charge in [-0.3, -0.25) is 14.4 Å². The number of rotatable bonds is 6. The molecule has 9 heteroatoms. The number of anilines is 3. The van der Waals surface area contributed by atoms with Gasteiger partial charge in [-0.2, -0.15) is 0 Å². The average molecular weight is 510 g/mol. The third-order valence-electron chi connectivity index (χ3n) is 5.35. The lowest BCUT2D eigenvalue weighted by molar-refractivity contribution is -0.120. The number of halogens is 1. The second-order valence-electron chi connectivity index (χ2n) is 7.31. The summed E-state index contributed by atoms with van der Waals surface area (Å²) < 4.78 is 5.59. The number of nitrogens with one attached hydrogen (secondary N) is 1. The number of carbonyl (C=O) groups excluding carboxylic acids is 3. The van der Waals surface area contributed by atoms with E-state index in [1.165, 1.54) is 24.3 Å². The van der Waals surface area contributed by atoms with Crippen LogP contribution in [0.1, 0.15) is 24.2 Å². The van der Waals surface area contributed by atoms with Crippen LogP contribution in [0.25, 0.3) is 11.0 Å². The molecule has 0 saturated heterocycles. The second-order valence-corrected chi connectivity index (χ2v) is 8.17. The lowest BCUT2D eigenvalue weighted by Crippen LogP contribution is -2.30. The molecular formula is C24H20BrN3O5. The fourth-order valence-corrected chi connectivity index (χ4v) is 4.00. The summed E-state index contributed by atoms with van der Waals surface area (Å²) in [4.78, 5) is 52.4. The molecule has 2 aromatic carbocycles. The quantitative estimate of drug-likeness (QED) is 0.397. The van der Waals surface area contributed by atoms with Crippen LogP contribution in [0.3, 0.4) is 0 Å². The molecule has 2 heterocycles. The Kier molecular flexibility index (Phi) is 6.15. The van der Waals surface area contributed by atoms with Gasteiger partial charge in [0.2, 0.25) is 0 Å². The second kappa shape index (κ2) is 9.03. The van der Waals surface area contributed by atoms with Gasteiger partial charge in [0.25, 0.3) is 17.7 Å². The highest BCUT2D eigenvalue weighted by molar-refractivity contribution is 9.12. The first kappa shape index (κ1) is 22.5. The minimum atomic E-state index is -0.738. The molecule has 168 valence electrons. The predicted octanol–water partition coefficient (Wildman–Crippen LogP) is 4.04. The lowest BCUT2D eigenvalue weighted by atomic mass is 10.1. The van der Waals surface area contributed by atoms with E-state index in [-0.39, 0.29) is 10.0 Å². The standard InChI is InChI=1S/C24H20BrN3O5/c1-3-27(4-2)17-8-5-14-11-18(24(32)33-20(14)12-17)22(30)26-15-6-9-16(10-7-15)28-21(29)13-19(25)23(28)31/h5-13H,3-4H2,1-2H3,(H,26,30). The topological polar surface area (TPSA) is 99.9 Å². The average Bonchev–Trinajstić information content (AvgIpc) is 3.05. The van der Waals surface area contributed by atoms with Crippen molar-refractivity contribution in [2.24, 2.45) is 0 Å². The first-order chi connectivity index (χ1) is 15.8. The van der Waals surface area contributed by atoms with Crippen LogP contribution in [0.2, 0.25) is 0 Å². The smallest absolute Gasteiger partial charge is 0.349 e. The minimum Gasteiger partial charge on any atom is -0.422 e. The van der Waals surface area contributed by atoms with E-state index in [1.807, 2.05) is 26.0 Å². The Morgan fingerprint density at radius 3 is 2.33 bits per heavy atom. The maximum absolute atomic E-state index is 12.7. The zero-order valence-electron chi connectivity index (χ0n) is 17.9. The number of nitrogens with zero attached hydrogens (tertiary/aromatic N) is 2. The molecule has 1 aliphatic heterocycles. The monoisotopic (exact) mass is 509 g/mol. The molecule has 0 fully saturated rings. The van der Waals surface area contributed by atoms with E-state index in [0.717, 1.165) is 23.7 Å². The maximum atomic E-state index is 12.7. The zero-order valence-corrected chi connectivity index (χ0v) is 19.5. The van der Waals surface area contributed by atoms with Crippen molar-refractivity contribution in [2.45, 2.75) is 13.8 Å². The summed E-state index contributed by atoms with van der Waals surface area (Å²) in [6, 6.07) is 13.2. The Morgan fingerprint density at radius 2 is 1.73 bits per heavy atom. The van der Waals surface area contributed by atoms with Crippen molar-refractivity contribution >= 4 is 61.7 Å². The Bertz CT molecular complexity index is 1360. The van der Waals surface area contributed by atoms with Gasteiger partial charge in [-0.15, -0.1) is 0 Å². The van der Waals surface area contributed by atoms with E-state index in [1.54, 1.807) is 18.2 Å². The number of hydrogen-bond acceptors (Lipinski definition) is 6. The Hall–Kier alpha value is -3.72. The molecule has 0 unspecified atom stereocenters. The lowest BCUT2D eigenvalue weighted by Gasteiger charge is -2.21. The van der Waals surface area contributed by atoms with Crippen molar-refractivity contribution in [1.82, 2.24) is 0 Å². The molecule has 3 aromatic rings. The molecule has 0 bridgehead atoms. The van der Waals surface area contributed by atoms with Crippen LogP contribution >= 0.6 is 15.9 Å². The number of fused-ring (bicyclic) bond motifs is 1. The Labute approximate surface area is 197 Å². The normalized spacial score (nSPS) is 13.4. The number of hydrogen-bond donors (Lipinski definition) is 1. The summed E-state index contributed by atoms with van der Waals surface area (Å²) in [5.41, 5.74) is 1.24. The van der Waals surface area contributed by atoms with Gasteiger partial charge in [0.15, 0.2) is 0 Å². The third kappa shape index (κ3) is 4.31. The van der Waals surface area contributed by atoms with Crippen LogP contribution in [0, 0.1) is 0 Å². The Balaban J connectivity index is 1.54. The van der Waals surface area contributed by atoms with Crippen LogP contribution in [0.5, 0.6) is 0 Å². The molecule has 1 N–H and O–H groups in total. The molecular weight excluding hydrogens is 490 g/mol. The predicted molar refractivity (Wildman–Crippen MR) is 130 cm³/mol. The van der Waals surface area contributed by atoms with Crippen molar-refractivity contribution < 1.29 is 18.8 Å². The van der Waals surface area contributed by atoms with Crippen LogP contribution in [-0.2, 0) is 9.59 Å². The SMILES string of the molecule is CCN(CC)c1ccc2cc(C(=O)Nc3ccc(N4C(=O)C=C(Br)C4=O)cc3)c(=O)oc2c1. The molecule has 33 heavy (non-hydrogen) atoms. The van der Waals surface area contributed by atoms with Crippen LogP contribution in [0.4, 0.5) is 17.1 Å². The first-order valence-corrected chi connectivity index (χ1v) is 11.1. The van der Waals surface area contributed by atoms with Gasteiger partial charge in [0.05, 0.1) is 10.2 Å². The van der Waals surface area contributed by atoms with Gasteiger partial charge in [-0.1, -0.05) is 0 Å². The molecule has 8 nitrogen and oxygen atoms in total. The number of carbonyl (C=O) groups is 3. The van der Waals surface area contributed by atoms with Crippen LogP contribution in [-0.4, -0.2) is 30.8 Å². The van der Waals surface area contributed by atoms with E-state index < -0.39 is 23.3 Å². The minimum absolute atomic E-state index is 0.125. The van der Waals surface area contributed by atoms with Crippen LogP contribution in [0.15, 0.2) is 68.3 Å². The van der Waals surface area contributed by atoms with Crippen molar-refractivity contribution in [3.63, 3.8) is 0 Å². The van der Waals surface area contributed by atoms with Gasteiger partial charge < -0.3 is 14.6 Å². The number of benzene rings is 2. The summed E-state index contributed by atoms with van der Waals surface area (Å²) in [7, 11) is 0. The van der Waals surface area contributed by atoms with Gasteiger partial charge >= 0.3 is 5.63 Å². The molecule has 0 radical (unpaired) electrons. The third-order valence-corrected chi connectivity index (χ3v) is 5.92. The molecule has 0 atom stereocenters. The van der Waals surface area contributed by atoms with E-state index >= 15 is 0 Å². The van der Waals surface area contributed by atoms with E-state index in [2.05, 4.69) is 26.1 Å². The van der Waals surface area contributed by atoms with Crippen molar-refractivity contribution in [3.8, 4) is 0 Å². The van der Waals surface area contributed by atoms with Gasteiger partial charge in [-0.05, 0) is 72.2 Å². The number of imide groups is 1. The number of amides is 3. The van der Waals surface area contributed by atoms with Crippen molar-refractivity contribution in [2.75, 3.05) is 28.2 Å². The summed E-state index contributed by atoms with van der Waals surface area (Å²) in [6.07, 6.45) is 1.20. The molecule has 1 aromatic heterocycles. The fourth-order valence-electron chi connectivity index (χ4n) is 3.62. The van der Waals surface area contributed by atoms with E-state index in [9.17, 15) is 19.2 Å². The van der Waals surface area contributed by atoms with E-state index in [0.29, 0.717) is 22.3 Å². The van der Waals surface area contributed by atoms with Gasteiger partial charge in [0.1, 0.15) is 11.1 Å². The highest BCUT2D eigenvalue weighted by Crippen LogP contribution is 2.27. The van der Waals surface area contributed by atoms with Crippen molar-refractivity contribution in [1.29, 1.82) is 0 Å². The molecule has 1 aliphatic rings. The molecule has 0 aliphatic carbocycles. The summed E-state index contributed by atoms with van der Waals surface area (Å²) in [5, 5.41) is 3.28.